The van der Waals surface area contributed by atoms with E-state index in [1.54, 1.807) is 6.92 Å². The lowest BCUT2D eigenvalue weighted by molar-refractivity contribution is 0.882. The summed E-state index contributed by atoms with van der Waals surface area (Å²) in [4.78, 5) is 20.5. The lowest BCUT2D eigenvalue weighted by atomic mass is 10.1. The number of benzene rings is 1. The van der Waals surface area contributed by atoms with Gasteiger partial charge in [-0.3, -0.25) is 9.89 Å². The molecule has 0 bridgehead atoms. The fourth-order valence-electron chi connectivity index (χ4n) is 1.94. The van der Waals surface area contributed by atoms with E-state index in [2.05, 4.69) is 15.1 Å². The number of nitrogens with one attached hydrogen (secondary N) is 1. The van der Waals surface area contributed by atoms with Gasteiger partial charge in [-0.2, -0.15) is 9.50 Å². The normalized spacial score (nSPS) is 11.0. The number of aryl methyl sites for hydroxylation is 2. The molecule has 0 radical (unpaired) electrons. The molecule has 0 atom stereocenters. The average molecular weight is 240 g/mol. The summed E-state index contributed by atoms with van der Waals surface area (Å²) in [5, 5.41) is 2.85. The second-order valence-corrected chi connectivity index (χ2v) is 4.29. The summed E-state index contributed by atoms with van der Waals surface area (Å²) < 4.78 is 1.34. The maximum Gasteiger partial charge on any atom is 0.274 e. The van der Waals surface area contributed by atoms with Crippen LogP contribution in [0, 0.1) is 13.8 Å². The third-order valence-electron chi connectivity index (χ3n) is 2.76. The van der Waals surface area contributed by atoms with Crippen LogP contribution in [0.4, 0.5) is 0 Å². The van der Waals surface area contributed by atoms with E-state index in [1.807, 2.05) is 31.2 Å². The fraction of sp³-hybridized carbons (Fsp3) is 0.154. The summed E-state index contributed by atoms with van der Waals surface area (Å²) in [5.74, 6) is 1.07. The molecule has 5 nitrogen and oxygen atoms in total. The summed E-state index contributed by atoms with van der Waals surface area (Å²) in [5.41, 5.74) is 2.55. The Morgan fingerprint density at radius 2 is 2.00 bits per heavy atom. The van der Waals surface area contributed by atoms with E-state index >= 15 is 0 Å². The highest BCUT2D eigenvalue weighted by Crippen LogP contribution is 2.16. The van der Waals surface area contributed by atoms with E-state index in [9.17, 15) is 4.79 Å². The van der Waals surface area contributed by atoms with Crippen molar-refractivity contribution in [3.05, 3.63) is 52.1 Å². The van der Waals surface area contributed by atoms with Gasteiger partial charge in [0.1, 0.15) is 5.82 Å². The number of nitrogens with zero attached hydrogens (tertiary/aromatic N) is 3. The quantitative estimate of drug-likeness (QED) is 0.704. The molecular weight excluding hydrogens is 228 g/mol. The van der Waals surface area contributed by atoms with Crippen LogP contribution in [0.1, 0.15) is 11.4 Å². The van der Waals surface area contributed by atoms with Gasteiger partial charge < -0.3 is 0 Å². The first-order chi connectivity index (χ1) is 8.63. The third-order valence-corrected chi connectivity index (χ3v) is 2.76. The zero-order valence-corrected chi connectivity index (χ0v) is 10.1. The minimum absolute atomic E-state index is 0.155. The molecule has 3 aromatic rings. The Kier molecular flexibility index (Phi) is 2.26. The Morgan fingerprint density at radius 3 is 2.78 bits per heavy atom. The van der Waals surface area contributed by atoms with E-state index in [0.717, 1.165) is 11.1 Å². The Morgan fingerprint density at radius 1 is 1.17 bits per heavy atom. The van der Waals surface area contributed by atoms with Gasteiger partial charge in [0.15, 0.2) is 0 Å². The van der Waals surface area contributed by atoms with Gasteiger partial charge in [-0.05, 0) is 19.9 Å². The van der Waals surface area contributed by atoms with Gasteiger partial charge in [0.2, 0.25) is 0 Å². The minimum atomic E-state index is -0.155. The molecule has 0 unspecified atom stereocenters. The van der Waals surface area contributed by atoms with Crippen molar-refractivity contribution >= 4 is 5.78 Å². The summed E-state index contributed by atoms with van der Waals surface area (Å²) in [6, 6.07) is 9.40. The zero-order valence-electron chi connectivity index (χ0n) is 10.1. The number of rotatable bonds is 1. The number of hydrogen-bond acceptors (Lipinski definition) is 3. The van der Waals surface area contributed by atoms with Crippen LogP contribution in [0.25, 0.3) is 17.0 Å². The topological polar surface area (TPSA) is 63.0 Å². The monoisotopic (exact) mass is 240 g/mol. The molecule has 0 amide bonds. The summed E-state index contributed by atoms with van der Waals surface area (Å²) >= 11 is 0. The maximum absolute atomic E-state index is 11.9. The number of hydrogen-bond donors (Lipinski definition) is 1. The van der Waals surface area contributed by atoms with Crippen molar-refractivity contribution in [3.63, 3.8) is 0 Å². The van der Waals surface area contributed by atoms with Gasteiger partial charge in [-0.1, -0.05) is 23.8 Å². The van der Waals surface area contributed by atoms with Crippen LogP contribution >= 0.6 is 0 Å². The van der Waals surface area contributed by atoms with Crippen molar-refractivity contribution in [2.75, 3.05) is 0 Å². The summed E-state index contributed by atoms with van der Waals surface area (Å²) in [6.45, 7) is 3.80. The minimum Gasteiger partial charge on any atom is -0.275 e. The van der Waals surface area contributed by atoms with Crippen LogP contribution in [0.15, 0.2) is 35.1 Å². The molecular formula is C13H12N4O. The number of fused-ring (bicyclic) bond motifs is 1. The highest BCUT2D eigenvalue weighted by Gasteiger charge is 2.07. The molecule has 0 aliphatic heterocycles. The molecule has 18 heavy (non-hydrogen) atoms. The molecule has 0 saturated heterocycles. The first-order valence-corrected chi connectivity index (χ1v) is 5.67. The van der Waals surface area contributed by atoms with E-state index in [4.69, 9.17) is 0 Å². The molecule has 0 aliphatic rings. The number of aromatic nitrogens is 4. The average Bonchev–Trinajstić information content (AvgIpc) is 2.70. The molecule has 0 saturated carbocycles. The van der Waals surface area contributed by atoms with Crippen LogP contribution in [-0.4, -0.2) is 19.6 Å². The predicted octanol–water partition coefficient (Wildman–Crippen LogP) is 1.70. The molecule has 90 valence electrons. The summed E-state index contributed by atoms with van der Waals surface area (Å²) in [7, 11) is 0. The van der Waals surface area contributed by atoms with Crippen molar-refractivity contribution in [3.8, 4) is 11.3 Å². The van der Waals surface area contributed by atoms with Gasteiger partial charge in [-0.15, -0.1) is 0 Å². The van der Waals surface area contributed by atoms with Gasteiger partial charge >= 0.3 is 0 Å². The SMILES string of the molecule is Cc1cccc(-c2cc(=O)n3[nH]c(C)nc3n2)c1. The van der Waals surface area contributed by atoms with Crippen LogP contribution in [0.2, 0.25) is 0 Å². The predicted molar refractivity (Wildman–Crippen MR) is 68.5 cm³/mol. The second kappa shape index (κ2) is 3.80. The molecule has 1 aromatic carbocycles. The van der Waals surface area contributed by atoms with E-state index < -0.39 is 0 Å². The zero-order chi connectivity index (χ0) is 12.7. The van der Waals surface area contributed by atoms with Crippen molar-refractivity contribution in [2.24, 2.45) is 0 Å². The molecule has 2 aromatic heterocycles. The lowest BCUT2D eigenvalue weighted by Gasteiger charge is -2.01. The third kappa shape index (κ3) is 1.69. The highest BCUT2D eigenvalue weighted by atomic mass is 16.1. The fourth-order valence-corrected chi connectivity index (χ4v) is 1.94. The molecule has 5 heteroatoms. The smallest absolute Gasteiger partial charge is 0.274 e. The maximum atomic E-state index is 11.9. The Hall–Kier alpha value is -2.43. The van der Waals surface area contributed by atoms with Gasteiger partial charge in [0, 0.05) is 11.6 Å². The Balaban J connectivity index is 2.27. The Bertz CT molecular complexity index is 785. The first-order valence-electron chi connectivity index (χ1n) is 5.67. The van der Waals surface area contributed by atoms with Crippen molar-refractivity contribution in [1.29, 1.82) is 0 Å². The van der Waals surface area contributed by atoms with E-state index in [0.29, 0.717) is 17.3 Å². The van der Waals surface area contributed by atoms with Crippen molar-refractivity contribution in [1.82, 2.24) is 19.6 Å². The van der Waals surface area contributed by atoms with Crippen molar-refractivity contribution < 1.29 is 0 Å². The van der Waals surface area contributed by atoms with Crippen LogP contribution in [0.3, 0.4) is 0 Å². The van der Waals surface area contributed by atoms with Gasteiger partial charge in [-0.25, -0.2) is 4.98 Å². The molecule has 2 heterocycles. The van der Waals surface area contributed by atoms with Gasteiger partial charge in [0.25, 0.3) is 11.3 Å². The largest absolute Gasteiger partial charge is 0.275 e. The van der Waals surface area contributed by atoms with Crippen LogP contribution < -0.4 is 5.56 Å². The van der Waals surface area contributed by atoms with Crippen LogP contribution in [0.5, 0.6) is 0 Å². The van der Waals surface area contributed by atoms with Crippen molar-refractivity contribution in [2.45, 2.75) is 13.8 Å². The molecule has 1 N–H and O–H groups in total. The standard InChI is InChI=1S/C13H12N4O/c1-8-4-3-5-10(6-8)11-7-12(18)17-13(15-11)14-9(2)16-17/h3-7H,1-2H3,(H,14,15,16). The number of aromatic amines is 1. The molecule has 0 aliphatic carbocycles. The van der Waals surface area contributed by atoms with Gasteiger partial charge in [0.05, 0.1) is 5.69 Å². The summed E-state index contributed by atoms with van der Waals surface area (Å²) in [6.07, 6.45) is 0. The molecule has 0 fully saturated rings. The Labute approximate surface area is 103 Å². The first kappa shape index (κ1) is 10.7. The molecule has 0 spiro atoms. The lowest BCUT2D eigenvalue weighted by Crippen LogP contribution is -2.14. The molecule has 3 rings (SSSR count). The second-order valence-electron chi connectivity index (χ2n) is 4.29. The van der Waals surface area contributed by atoms with Crippen LogP contribution in [-0.2, 0) is 0 Å². The highest BCUT2D eigenvalue weighted by molar-refractivity contribution is 5.61. The van der Waals surface area contributed by atoms with E-state index in [-0.39, 0.29) is 5.56 Å². The number of H-pyrrole nitrogens is 1. The van der Waals surface area contributed by atoms with E-state index in [1.165, 1.54) is 10.6 Å².